The zero-order valence-electron chi connectivity index (χ0n) is 15.9. The summed E-state index contributed by atoms with van der Waals surface area (Å²) in [6.07, 6.45) is -0.558. The molecule has 1 unspecified atom stereocenters. The molecule has 0 spiro atoms. The van der Waals surface area contributed by atoms with Crippen LogP contribution in [0.5, 0.6) is 0 Å². The van der Waals surface area contributed by atoms with Gasteiger partial charge in [0.2, 0.25) is 0 Å². The molecule has 0 saturated heterocycles. The Balaban J connectivity index is 2.11. The molecule has 0 aliphatic carbocycles. The van der Waals surface area contributed by atoms with Crippen molar-refractivity contribution in [2.75, 3.05) is 0 Å². The first kappa shape index (κ1) is 18.6. The highest BCUT2D eigenvalue weighted by Crippen LogP contribution is 2.18. The Bertz CT molecular complexity index is 1020. The monoisotopic (exact) mass is 365 g/mol. The van der Waals surface area contributed by atoms with E-state index in [0.717, 1.165) is 0 Å². The first-order valence-electron chi connectivity index (χ1n) is 8.83. The molecule has 3 rings (SSSR count). The second-order valence-electron chi connectivity index (χ2n) is 7.33. The topological polar surface area (TPSA) is 73.2 Å². The van der Waals surface area contributed by atoms with E-state index in [1.165, 1.54) is 4.57 Å². The predicted molar refractivity (Wildman–Crippen MR) is 105 cm³/mol. The Labute approximate surface area is 157 Å². The highest BCUT2D eigenvalue weighted by atomic mass is 16.6. The third-order valence-corrected chi connectivity index (χ3v) is 3.94. The van der Waals surface area contributed by atoms with Crippen LogP contribution in [0.15, 0.2) is 59.4 Å². The minimum absolute atomic E-state index is 0.181. The summed E-state index contributed by atoms with van der Waals surface area (Å²) in [4.78, 5) is 30.0. The zero-order valence-corrected chi connectivity index (χ0v) is 15.9. The number of ether oxygens (including phenoxy) is 1. The number of nitrogens with one attached hydrogen (secondary N) is 1. The Kier molecular flexibility index (Phi) is 4.99. The Morgan fingerprint density at radius 3 is 2.37 bits per heavy atom. The van der Waals surface area contributed by atoms with E-state index >= 15 is 0 Å². The van der Waals surface area contributed by atoms with Crippen molar-refractivity contribution in [1.29, 1.82) is 0 Å². The van der Waals surface area contributed by atoms with Gasteiger partial charge in [-0.25, -0.2) is 9.78 Å². The molecule has 6 heteroatoms. The fourth-order valence-electron chi connectivity index (χ4n) is 2.82. The second kappa shape index (κ2) is 7.23. The minimum atomic E-state index is -0.611. The molecule has 0 radical (unpaired) electrons. The molecule has 0 saturated carbocycles. The Morgan fingerprint density at radius 1 is 1.07 bits per heavy atom. The number of carbonyl (C=O) groups excluding carboxylic acids is 1. The quantitative estimate of drug-likeness (QED) is 0.762. The lowest BCUT2D eigenvalue weighted by molar-refractivity contribution is 0.0505. The number of carbonyl (C=O) groups is 1. The summed E-state index contributed by atoms with van der Waals surface area (Å²) in [6.45, 7) is 7.17. The van der Waals surface area contributed by atoms with Gasteiger partial charge < -0.3 is 10.1 Å². The van der Waals surface area contributed by atoms with E-state index in [0.29, 0.717) is 22.4 Å². The highest BCUT2D eigenvalue weighted by Gasteiger charge is 2.22. The summed E-state index contributed by atoms with van der Waals surface area (Å²) in [5.74, 6) is 0.441. The Morgan fingerprint density at radius 2 is 1.70 bits per heavy atom. The molecular weight excluding hydrogens is 342 g/mol. The van der Waals surface area contributed by atoms with Gasteiger partial charge in [-0.2, -0.15) is 0 Å². The van der Waals surface area contributed by atoms with Crippen LogP contribution in [0.1, 0.15) is 39.6 Å². The van der Waals surface area contributed by atoms with Gasteiger partial charge in [-0.3, -0.25) is 9.36 Å². The minimum Gasteiger partial charge on any atom is -0.444 e. The van der Waals surface area contributed by atoms with Crippen molar-refractivity contribution in [1.82, 2.24) is 14.9 Å². The molecule has 2 aromatic carbocycles. The molecule has 0 fully saturated rings. The molecule has 1 heterocycles. The second-order valence-corrected chi connectivity index (χ2v) is 7.33. The van der Waals surface area contributed by atoms with Crippen molar-refractivity contribution in [2.24, 2.45) is 0 Å². The van der Waals surface area contributed by atoms with Gasteiger partial charge in [-0.05, 0) is 52.0 Å². The SMILES string of the molecule is CC(NC(=O)OC(C)(C)C)c1nc2ccccc2c(=O)n1-c1ccccc1. The molecule has 0 bridgehead atoms. The molecule has 1 atom stereocenters. The molecule has 27 heavy (non-hydrogen) atoms. The van der Waals surface area contributed by atoms with Crippen molar-refractivity contribution in [3.8, 4) is 5.69 Å². The summed E-state index contributed by atoms with van der Waals surface area (Å²) in [7, 11) is 0. The maximum atomic E-state index is 13.1. The number of rotatable bonds is 3. The van der Waals surface area contributed by atoms with Gasteiger partial charge in [0.05, 0.1) is 22.6 Å². The fraction of sp³-hybridized carbons (Fsp3) is 0.286. The van der Waals surface area contributed by atoms with Gasteiger partial charge in [0.15, 0.2) is 0 Å². The molecule has 140 valence electrons. The Hall–Kier alpha value is -3.15. The van der Waals surface area contributed by atoms with Crippen LogP contribution in [-0.2, 0) is 4.74 Å². The lowest BCUT2D eigenvalue weighted by Crippen LogP contribution is -2.36. The van der Waals surface area contributed by atoms with Crippen molar-refractivity contribution in [3.05, 3.63) is 70.8 Å². The van der Waals surface area contributed by atoms with Crippen LogP contribution in [0, 0.1) is 0 Å². The summed E-state index contributed by atoms with van der Waals surface area (Å²) in [6, 6.07) is 15.9. The summed E-state index contributed by atoms with van der Waals surface area (Å²) >= 11 is 0. The first-order chi connectivity index (χ1) is 12.8. The van der Waals surface area contributed by atoms with Crippen LogP contribution in [0.2, 0.25) is 0 Å². The van der Waals surface area contributed by atoms with Gasteiger partial charge in [0, 0.05) is 0 Å². The van der Waals surface area contributed by atoms with Crippen LogP contribution in [0.25, 0.3) is 16.6 Å². The third-order valence-electron chi connectivity index (χ3n) is 3.94. The molecule has 0 aliphatic rings. The number of aromatic nitrogens is 2. The van der Waals surface area contributed by atoms with Gasteiger partial charge in [-0.1, -0.05) is 30.3 Å². The van der Waals surface area contributed by atoms with Crippen molar-refractivity contribution in [2.45, 2.75) is 39.3 Å². The fourth-order valence-corrected chi connectivity index (χ4v) is 2.82. The van der Waals surface area contributed by atoms with Crippen molar-refractivity contribution >= 4 is 17.0 Å². The summed E-state index contributed by atoms with van der Waals surface area (Å²) in [5, 5.41) is 3.29. The third kappa shape index (κ3) is 4.16. The number of fused-ring (bicyclic) bond motifs is 1. The molecule has 1 N–H and O–H groups in total. The van der Waals surface area contributed by atoms with Gasteiger partial charge in [0.1, 0.15) is 11.4 Å². The average Bonchev–Trinajstić information content (AvgIpc) is 2.60. The normalized spacial score (nSPS) is 12.6. The molecular formula is C21H23N3O3. The number of amides is 1. The predicted octanol–water partition coefficient (Wildman–Crippen LogP) is 3.97. The number of para-hydroxylation sites is 2. The molecule has 3 aromatic rings. The summed E-state index contributed by atoms with van der Waals surface area (Å²) < 4.78 is 6.86. The molecule has 1 amide bonds. The lowest BCUT2D eigenvalue weighted by atomic mass is 10.2. The highest BCUT2D eigenvalue weighted by molar-refractivity contribution is 5.78. The zero-order chi connectivity index (χ0) is 19.6. The first-order valence-corrected chi connectivity index (χ1v) is 8.83. The standard InChI is InChI=1S/C21H23N3O3/c1-14(22-20(26)27-21(2,3)4)18-23-17-13-9-8-12-16(17)19(25)24(18)15-10-6-5-7-11-15/h5-14H,1-4H3,(H,22,26). The average molecular weight is 365 g/mol. The van der Waals surface area contributed by atoms with Gasteiger partial charge in [-0.15, -0.1) is 0 Å². The van der Waals surface area contributed by atoms with Gasteiger partial charge in [0.25, 0.3) is 5.56 Å². The number of nitrogens with zero attached hydrogens (tertiary/aromatic N) is 2. The summed E-state index contributed by atoms with van der Waals surface area (Å²) in [5.41, 5.74) is 0.482. The number of hydrogen-bond donors (Lipinski definition) is 1. The van der Waals surface area contributed by atoms with Crippen LogP contribution < -0.4 is 10.9 Å². The van der Waals surface area contributed by atoms with E-state index in [4.69, 9.17) is 4.74 Å². The van der Waals surface area contributed by atoms with E-state index in [2.05, 4.69) is 10.3 Å². The van der Waals surface area contributed by atoms with Crippen molar-refractivity contribution in [3.63, 3.8) is 0 Å². The number of benzene rings is 2. The van der Waals surface area contributed by atoms with Gasteiger partial charge >= 0.3 is 6.09 Å². The number of hydrogen-bond acceptors (Lipinski definition) is 4. The smallest absolute Gasteiger partial charge is 0.408 e. The van der Waals surface area contributed by atoms with Crippen LogP contribution in [0.4, 0.5) is 4.79 Å². The van der Waals surface area contributed by atoms with Crippen molar-refractivity contribution < 1.29 is 9.53 Å². The van der Waals surface area contributed by atoms with E-state index in [1.807, 2.05) is 42.5 Å². The van der Waals surface area contributed by atoms with E-state index in [1.54, 1.807) is 39.8 Å². The van der Waals surface area contributed by atoms with Crippen LogP contribution >= 0.6 is 0 Å². The van der Waals surface area contributed by atoms with Crippen LogP contribution in [-0.4, -0.2) is 21.2 Å². The molecule has 6 nitrogen and oxygen atoms in total. The van der Waals surface area contributed by atoms with E-state index in [9.17, 15) is 9.59 Å². The molecule has 0 aliphatic heterocycles. The largest absolute Gasteiger partial charge is 0.444 e. The van der Waals surface area contributed by atoms with Crippen LogP contribution in [0.3, 0.4) is 0 Å². The molecule has 1 aromatic heterocycles. The van der Waals surface area contributed by atoms with E-state index in [-0.39, 0.29) is 5.56 Å². The number of alkyl carbamates (subject to hydrolysis) is 1. The maximum Gasteiger partial charge on any atom is 0.408 e. The van der Waals surface area contributed by atoms with E-state index < -0.39 is 17.7 Å². The maximum absolute atomic E-state index is 13.1. The lowest BCUT2D eigenvalue weighted by Gasteiger charge is -2.23.